The van der Waals surface area contributed by atoms with Crippen LogP contribution in [-0.4, -0.2) is 14.9 Å². The van der Waals surface area contributed by atoms with Gasteiger partial charge in [-0.25, -0.2) is 4.68 Å². The van der Waals surface area contributed by atoms with Gasteiger partial charge >= 0.3 is 6.18 Å². The third-order valence-corrected chi connectivity index (χ3v) is 2.97. The molecule has 1 aromatic heterocycles. The number of aliphatic hydroxyl groups is 1. The van der Waals surface area contributed by atoms with Gasteiger partial charge in [-0.3, -0.25) is 4.79 Å². The highest BCUT2D eigenvalue weighted by molar-refractivity contribution is 5.26. The van der Waals surface area contributed by atoms with E-state index in [0.29, 0.717) is 11.3 Å². The molecule has 4 nitrogen and oxygen atoms in total. The van der Waals surface area contributed by atoms with Gasteiger partial charge in [0.25, 0.3) is 5.56 Å². The predicted octanol–water partition coefficient (Wildman–Crippen LogP) is 2.30. The summed E-state index contributed by atoms with van der Waals surface area (Å²) in [5, 5.41) is 14.0. The molecule has 2 rings (SSSR count). The van der Waals surface area contributed by atoms with Crippen LogP contribution in [0.5, 0.6) is 0 Å². The largest absolute Gasteiger partial charge is 0.416 e. The van der Waals surface area contributed by atoms with Gasteiger partial charge in [0, 0.05) is 6.07 Å². The third kappa shape index (κ3) is 3.69. The highest BCUT2D eigenvalue weighted by Gasteiger charge is 2.30. The lowest BCUT2D eigenvalue weighted by atomic mass is 10.1. The molecule has 1 heterocycles. The highest BCUT2D eigenvalue weighted by atomic mass is 19.4. The third-order valence-electron chi connectivity index (χ3n) is 2.97. The molecule has 112 valence electrons. The maximum atomic E-state index is 12.4. The van der Waals surface area contributed by atoms with Crippen LogP contribution in [0.4, 0.5) is 13.2 Å². The number of hydrogen-bond acceptors (Lipinski definition) is 3. The Morgan fingerprint density at radius 3 is 2.38 bits per heavy atom. The van der Waals surface area contributed by atoms with Crippen LogP contribution in [0.1, 0.15) is 22.9 Å². The van der Waals surface area contributed by atoms with Crippen LogP contribution < -0.4 is 5.56 Å². The minimum atomic E-state index is -4.42. The fourth-order valence-corrected chi connectivity index (χ4v) is 1.85. The molecule has 21 heavy (non-hydrogen) atoms. The van der Waals surface area contributed by atoms with Gasteiger partial charge in [-0.15, -0.1) is 0 Å². The minimum Gasteiger partial charge on any atom is -0.386 e. The number of aliphatic hydroxyl groups excluding tert-OH is 1. The van der Waals surface area contributed by atoms with Gasteiger partial charge in [0.2, 0.25) is 0 Å². The first-order chi connectivity index (χ1) is 9.77. The summed E-state index contributed by atoms with van der Waals surface area (Å²) in [4.78, 5) is 11.6. The van der Waals surface area contributed by atoms with Crippen molar-refractivity contribution in [2.24, 2.45) is 0 Å². The van der Waals surface area contributed by atoms with E-state index in [4.69, 9.17) is 0 Å². The normalized spacial score (nSPS) is 13.2. The molecule has 7 heteroatoms. The van der Waals surface area contributed by atoms with E-state index in [9.17, 15) is 23.1 Å². The smallest absolute Gasteiger partial charge is 0.386 e. The van der Waals surface area contributed by atoms with Gasteiger partial charge < -0.3 is 5.11 Å². The van der Waals surface area contributed by atoms with E-state index in [2.05, 4.69) is 5.10 Å². The van der Waals surface area contributed by atoms with Crippen molar-refractivity contribution in [2.75, 3.05) is 0 Å². The van der Waals surface area contributed by atoms with Crippen molar-refractivity contribution in [3.05, 3.63) is 63.6 Å². The molecule has 1 unspecified atom stereocenters. The summed E-state index contributed by atoms with van der Waals surface area (Å²) in [6.45, 7) is 1.58. The standard InChI is InChI=1S/C14H13F3N2O2/c1-9-2-7-13(21)19(18-9)8-12(20)10-3-5-11(6-4-10)14(15,16)17/h2-7,12,20H,8H2,1H3. The minimum absolute atomic E-state index is 0.119. The molecule has 1 aromatic carbocycles. The zero-order chi connectivity index (χ0) is 15.6. The number of benzene rings is 1. The van der Waals surface area contributed by atoms with Gasteiger partial charge in [0.05, 0.1) is 23.9 Å². The van der Waals surface area contributed by atoms with Crippen molar-refractivity contribution in [3.63, 3.8) is 0 Å². The monoisotopic (exact) mass is 298 g/mol. The Morgan fingerprint density at radius 2 is 1.81 bits per heavy atom. The van der Waals surface area contributed by atoms with E-state index in [0.717, 1.165) is 16.8 Å². The van der Waals surface area contributed by atoms with Crippen LogP contribution in [-0.2, 0) is 12.7 Å². The Hall–Kier alpha value is -2.15. The van der Waals surface area contributed by atoms with Gasteiger partial charge in [-0.1, -0.05) is 12.1 Å². The summed E-state index contributed by atoms with van der Waals surface area (Å²) < 4.78 is 38.4. The Balaban J connectivity index is 2.19. The summed E-state index contributed by atoms with van der Waals surface area (Å²) in [5.74, 6) is 0. The SMILES string of the molecule is Cc1ccc(=O)n(CC(O)c2ccc(C(F)(F)F)cc2)n1. The summed E-state index contributed by atoms with van der Waals surface area (Å²) in [7, 11) is 0. The fraction of sp³-hybridized carbons (Fsp3) is 0.286. The first kappa shape index (κ1) is 15.2. The van der Waals surface area contributed by atoms with E-state index in [-0.39, 0.29) is 12.1 Å². The molecule has 0 saturated heterocycles. The van der Waals surface area contributed by atoms with E-state index in [1.165, 1.54) is 18.2 Å². The number of aromatic nitrogens is 2. The Labute approximate surface area is 118 Å². The quantitative estimate of drug-likeness (QED) is 0.946. The molecule has 0 aliphatic heterocycles. The number of rotatable bonds is 3. The molecule has 0 bridgehead atoms. The van der Waals surface area contributed by atoms with Crippen LogP contribution in [0, 0.1) is 6.92 Å². The second kappa shape index (κ2) is 5.69. The molecule has 2 aromatic rings. The summed E-state index contributed by atoms with van der Waals surface area (Å²) >= 11 is 0. The Kier molecular flexibility index (Phi) is 4.13. The number of halogens is 3. The molecule has 0 amide bonds. The van der Waals surface area contributed by atoms with Gasteiger partial charge in [0.1, 0.15) is 0 Å². The average molecular weight is 298 g/mol. The summed E-state index contributed by atoms with van der Waals surface area (Å²) in [6, 6.07) is 7.03. The number of nitrogens with zero attached hydrogens (tertiary/aromatic N) is 2. The highest BCUT2D eigenvalue weighted by Crippen LogP contribution is 2.30. The Bertz CT molecular complexity index is 678. The van der Waals surface area contributed by atoms with Crippen molar-refractivity contribution in [3.8, 4) is 0 Å². The zero-order valence-corrected chi connectivity index (χ0v) is 11.1. The molecule has 1 N–H and O–H groups in total. The van der Waals surface area contributed by atoms with Crippen LogP contribution in [0.3, 0.4) is 0 Å². The van der Waals surface area contributed by atoms with Crippen LogP contribution in [0.25, 0.3) is 0 Å². The van der Waals surface area contributed by atoms with Gasteiger partial charge in [-0.05, 0) is 30.7 Å². The van der Waals surface area contributed by atoms with Crippen LogP contribution >= 0.6 is 0 Å². The van der Waals surface area contributed by atoms with Crippen molar-refractivity contribution >= 4 is 0 Å². The lowest BCUT2D eigenvalue weighted by Gasteiger charge is -2.13. The molecule has 0 aliphatic rings. The first-order valence-electron chi connectivity index (χ1n) is 6.17. The lowest BCUT2D eigenvalue weighted by molar-refractivity contribution is -0.137. The second-order valence-corrected chi connectivity index (χ2v) is 4.63. The van der Waals surface area contributed by atoms with Crippen molar-refractivity contribution in [2.45, 2.75) is 25.7 Å². The van der Waals surface area contributed by atoms with E-state index in [1.807, 2.05) is 0 Å². The van der Waals surface area contributed by atoms with E-state index < -0.39 is 17.8 Å². The van der Waals surface area contributed by atoms with Crippen molar-refractivity contribution in [1.82, 2.24) is 9.78 Å². The predicted molar refractivity (Wildman–Crippen MR) is 69.6 cm³/mol. The average Bonchev–Trinajstić information content (AvgIpc) is 2.42. The molecule has 0 radical (unpaired) electrons. The fourth-order valence-electron chi connectivity index (χ4n) is 1.85. The zero-order valence-electron chi connectivity index (χ0n) is 11.1. The summed E-state index contributed by atoms with van der Waals surface area (Å²) in [5.41, 5.74) is -0.275. The molecule has 0 saturated carbocycles. The van der Waals surface area contributed by atoms with Crippen LogP contribution in [0.15, 0.2) is 41.2 Å². The van der Waals surface area contributed by atoms with Crippen molar-refractivity contribution in [1.29, 1.82) is 0 Å². The topological polar surface area (TPSA) is 55.1 Å². The number of hydrogen-bond donors (Lipinski definition) is 1. The lowest BCUT2D eigenvalue weighted by Crippen LogP contribution is -2.25. The van der Waals surface area contributed by atoms with Gasteiger partial charge in [0.15, 0.2) is 0 Å². The molecular weight excluding hydrogens is 285 g/mol. The maximum Gasteiger partial charge on any atom is 0.416 e. The first-order valence-corrected chi connectivity index (χ1v) is 6.17. The van der Waals surface area contributed by atoms with E-state index >= 15 is 0 Å². The molecule has 0 spiro atoms. The van der Waals surface area contributed by atoms with Gasteiger partial charge in [-0.2, -0.15) is 18.3 Å². The Morgan fingerprint density at radius 1 is 1.19 bits per heavy atom. The molecule has 0 fully saturated rings. The van der Waals surface area contributed by atoms with Crippen molar-refractivity contribution < 1.29 is 18.3 Å². The number of aryl methyl sites for hydroxylation is 1. The number of alkyl halides is 3. The molecule has 0 aliphatic carbocycles. The summed E-state index contributed by atoms with van der Waals surface area (Å²) in [6.07, 6.45) is -5.53. The van der Waals surface area contributed by atoms with Crippen LogP contribution in [0.2, 0.25) is 0 Å². The maximum absolute atomic E-state index is 12.4. The second-order valence-electron chi connectivity index (χ2n) is 4.63. The molecule has 1 atom stereocenters. The molecular formula is C14H13F3N2O2. The van der Waals surface area contributed by atoms with E-state index in [1.54, 1.807) is 13.0 Å².